The fourth-order valence-electron chi connectivity index (χ4n) is 1.22. The van der Waals surface area contributed by atoms with Crippen molar-refractivity contribution < 1.29 is 128 Å². The molecule has 0 radical (unpaired) electrons. The molecule has 13 heteroatoms. The molecule has 0 saturated carbocycles. The van der Waals surface area contributed by atoms with E-state index in [0.717, 1.165) is 0 Å². The second kappa shape index (κ2) is 29.1. The molecule has 0 aliphatic rings. The molecule has 1 atom stereocenters. The van der Waals surface area contributed by atoms with Crippen molar-refractivity contribution in [3.63, 3.8) is 0 Å². The molecule has 1 amide bonds. The van der Waals surface area contributed by atoms with Gasteiger partial charge in [-0.15, -0.1) is 6.42 Å². The number of terminal acetylenes is 1. The maximum Gasteiger partial charge on any atom is 1.00 e. The Bertz CT molecular complexity index is 1510. The molecule has 2 N–H and O–H groups in total. The normalized spacial score (nSPS) is 7.67. The molecule has 0 rings (SSSR count). The van der Waals surface area contributed by atoms with Crippen LogP contribution in [-0.4, -0.2) is 37.2 Å². The van der Waals surface area contributed by atoms with E-state index >= 15 is 0 Å². The number of hydrogen-bond acceptors (Lipinski definition) is 9. The second-order valence-corrected chi connectivity index (χ2v) is 6.40. The zero-order chi connectivity index (χ0) is 28.4. The minimum absolute atomic E-state index is 0. The van der Waals surface area contributed by atoms with E-state index in [9.17, 15) is 28.7 Å². The number of hydrogen-bond donors (Lipinski definition) is 1. The number of primary amides is 1. The zero-order valence-electron chi connectivity index (χ0n) is 21.3. The van der Waals surface area contributed by atoms with Crippen LogP contribution < -0.4 is 74.6 Å². The van der Waals surface area contributed by atoms with Crippen LogP contribution in [0.5, 0.6) is 0 Å². The standard InChI is InChI=1S/C24H11O8P.C2H5NO.2Na.18H2/c1-3-5-7-9-11-12-13-15-16-18-23(25)30-20-22(21-31-33(27,28)29)32-24(26)19-17-14-10-8-6-4-2;1-2(3)4;;;;;;;;;;;;;;;;;;;;/h2,22H,20-21H2,1H3,(H2,27,28,29);1H3,(H2,3,4);;;18*1H/q;;2*+1;;;;;;;;;;;;;;;;;;/p-2/t22-;;;;;;;;;;;;;;;;;;;;;/m1...................../s1. The minimum atomic E-state index is -5.38. The summed E-state index contributed by atoms with van der Waals surface area (Å²) in [5.41, 5.74) is 4.47. The topological polar surface area (TPSA) is 168 Å². The van der Waals surface area contributed by atoms with Crippen LogP contribution in [0.25, 0.3) is 0 Å². The van der Waals surface area contributed by atoms with E-state index in [1.807, 2.05) is 17.8 Å². The summed E-state index contributed by atoms with van der Waals surface area (Å²) in [7, 11) is -5.38. The molecule has 0 unspecified atom stereocenters. The Morgan fingerprint density at radius 2 is 1.23 bits per heavy atom. The molecule has 0 saturated heterocycles. The van der Waals surface area contributed by atoms with Gasteiger partial charge < -0.3 is 34.1 Å². The van der Waals surface area contributed by atoms with Crippen molar-refractivity contribution in [2.24, 2.45) is 5.73 Å². The smallest absolute Gasteiger partial charge is 0.790 e. The van der Waals surface area contributed by atoms with Crippen LogP contribution in [0.4, 0.5) is 0 Å². The van der Waals surface area contributed by atoms with E-state index in [1.165, 1.54) is 6.92 Å². The number of phosphoric acid groups is 1. The maximum atomic E-state index is 11.6. The summed E-state index contributed by atoms with van der Waals surface area (Å²) >= 11 is 0. The summed E-state index contributed by atoms with van der Waals surface area (Å²) < 4.78 is 24.1. The molecule has 0 aromatic rings. The maximum absolute atomic E-state index is 11.6. The summed E-state index contributed by atoms with van der Waals surface area (Å²) in [6.07, 6.45) is 3.40. The third-order valence-electron chi connectivity index (χ3n) is 2.31. The Hall–Kier alpha value is -3.44. The van der Waals surface area contributed by atoms with Crippen molar-refractivity contribution in [2.45, 2.75) is 20.0 Å². The molecule has 0 aliphatic carbocycles. The van der Waals surface area contributed by atoms with Gasteiger partial charge in [-0.25, -0.2) is 9.59 Å². The summed E-state index contributed by atoms with van der Waals surface area (Å²) in [5, 5.41) is 0. The first-order valence-electron chi connectivity index (χ1n) is 9.21. The van der Waals surface area contributed by atoms with E-state index < -0.39 is 39.1 Å². The van der Waals surface area contributed by atoms with Crippen LogP contribution in [0, 0.1) is 107 Å². The van der Waals surface area contributed by atoms with E-state index in [4.69, 9.17) is 15.9 Å². The van der Waals surface area contributed by atoms with Gasteiger partial charge in [-0.05, 0) is 89.8 Å². The first-order chi connectivity index (χ1) is 17.5. The van der Waals surface area contributed by atoms with Crippen LogP contribution >= 0.6 is 7.82 Å². The number of nitrogens with two attached hydrogens (primary N) is 1. The second-order valence-electron chi connectivity index (χ2n) is 5.25. The monoisotopic (exact) mass is 597 g/mol. The zero-order valence-corrected chi connectivity index (χ0v) is 26.2. The van der Waals surface area contributed by atoms with Gasteiger partial charge in [0.2, 0.25) is 5.91 Å². The van der Waals surface area contributed by atoms with Crippen LogP contribution in [0.2, 0.25) is 0 Å². The average molecular weight is 598 g/mol. The number of esters is 2. The first kappa shape index (κ1) is 42.6. The van der Waals surface area contributed by atoms with Gasteiger partial charge in [0.05, 0.1) is 14.4 Å². The molecule has 0 heterocycles. The first-order valence-corrected chi connectivity index (χ1v) is 10.7. The Morgan fingerprint density at radius 1 is 0.821 bits per heavy atom. The molecular formula is C26H50NNa2O9P. The Morgan fingerprint density at radius 3 is 1.67 bits per heavy atom. The molecule has 0 spiro atoms. The van der Waals surface area contributed by atoms with Crippen molar-refractivity contribution in [2.75, 3.05) is 13.2 Å². The summed E-state index contributed by atoms with van der Waals surface area (Å²) in [4.78, 5) is 53.7. The molecule has 220 valence electrons. The molecule has 0 aliphatic heterocycles. The summed E-state index contributed by atoms with van der Waals surface area (Å²) in [6, 6.07) is 0. The number of carbonyl (C=O) groups excluding carboxylic acids is 3. The Kier molecular flexibility index (Phi) is 31.8. The summed E-state index contributed by atoms with van der Waals surface area (Å²) in [5.74, 6) is 35.6. The van der Waals surface area contributed by atoms with Gasteiger partial charge in [0, 0.05) is 44.4 Å². The molecule has 0 fully saturated rings. The molecule has 0 aromatic heterocycles. The summed E-state index contributed by atoms with van der Waals surface area (Å²) in [6.45, 7) is 1.31. The van der Waals surface area contributed by atoms with Crippen molar-refractivity contribution in [3.8, 4) is 107 Å². The van der Waals surface area contributed by atoms with E-state index in [1.54, 1.807) is 6.92 Å². The molecule has 0 aromatic carbocycles. The van der Waals surface area contributed by atoms with Crippen LogP contribution in [-0.2, 0) is 32.9 Å². The van der Waals surface area contributed by atoms with Gasteiger partial charge >= 0.3 is 71.1 Å². The molecular weight excluding hydrogens is 547 g/mol. The van der Waals surface area contributed by atoms with Gasteiger partial charge in [-0.2, -0.15) is 0 Å². The number of carbonyl (C=O) groups is 3. The number of rotatable bonds is 6. The van der Waals surface area contributed by atoms with Crippen LogP contribution in [0.1, 0.15) is 39.5 Å². The van der Waals surface area contributed by atoms with E-state index in [0.29, 0.717) is 0 Å². The molecule has 0 bridgehead atoms. The van der Waals surface area contributed by atoms with Crippen LogP contribution in [0.15, 0.2) is 0 Å². The van der Waals surface area contributed by atoms with Crippen LogP contribution in [0.3, 0.4) is 0 Å². The fourth-order valence-corrected chi connectivity index (χ4v) is 1.57. The van der Waals surface area contributed by atoms with Gasteiger partial charge in [-0.1, -0.05) is 5.92 Å². The third kappa shape index (κ3) is 39.2. The minimum Gasteiger partial charge on any atom is -0.790 e. The fraction of sp³-hybridized carbons (Fsp3) is 0.192. The Labute approximate surface area is 298 Å². The predicted octanol–water partition coefficient (Wildman–Crippen LogP) is -4.11. The van der Waals surface area contributed by atoms with Gasteiger partial charge in [-0.3, -0.25) is 4.79 Å². The van der Waals surface area contributed by atoms with Crippen molar-refractivity contribution >= 4 is 25.7 Å². The third-order valence-corrected chi connectivity index (χ3v) is 2.77. The molecule has 10 nitrogen and oxygen atoms in total. The largest absolute Gasteiger partial charge is 1.00 e. The van der Waals surface area contributed by atoms with E-state index in [2.05, 4.69) is 93.1 Å². The number of phosphoric ester groups is 1. The van der Waals surface area contributed by atoms with Crippen molar-refractivity contribution in [3.05, 3.63) is 0 Å². The average Bonchev–Trinajstić information content (AvgIpc) is 2.81. The number of ether oxygens (including phenoxy) is 2. The van der Waals surface area contributed by atoms with Crippen molar-refractivity contribution in [1.29, 1.82) is 0 Å². The van der Waals surface area contributed by atoms with Gasteiger partial charge in [0.1, 0.15) is 6.61 Å². The SMILES string of the molecule is C#CC#CC#CC#CC(=O)O[C@H](COC(=O)C#CC#CC#CC#CC#CC)COP(=O)([O-])[O-].CC(N)=O.[HH].[HH].[HH].[HH].[HH].[HH].[HH].[HH].[HH].[HH].[HH].[HH].[HH].[HH].[HH].[HH].[HH].[HH].[Na+].[Na+]. The van der Waals surface area contributed by atoms with Gasteiger partial charge in [0.15, 0.2) is 6.10 Å². The number of amides is 1. The quantitative estimate of drug-likeness (QED) is 0.105. The van der Waals surface area contributed by atoms with Gasteiger partial charge in [0.25, 0.3) is 0 Å². The van der Waals surface area contributed by atoms with Crippen molar-refractivity contribution in [1.82, 2.24) is 0 Å². The molecule has 39 heavy (non-hydrogen) atoms. The Balaban J connectivity index is -0.0000000243. The van der Waals surface area contributed by atoms with E-state index in [-0.39, 0.29) is 90.7 Å². The predicted molar refractivity (Wildman–Crippen MR) is 164 cm³/mol.